The molecule has 0 fully saturated rings. The minimum Gasteiger partial charge on any atom is -0.478 e. The van der Waals surface area contributed by atoms with Crippen molar-refractivity contribution in [2.24, 2.45) is 0 Å². The molecule has 3 aromatic carbocycles. The van der Waals surface area contributed by atoms with Crippen molar-refractivity contribution >= 4 is 46.5 Å². The van der Waals surface area contributed by atoms with Gasteiger partial charge in [0.2, 0.25) is 5.91 Å². The molecule has 1 amide bonds. The Hall–Kier alpha value is -3.57. The van der Waals surface area contributed by atoms with Gasteiger partial charge in [-0.25, -0.2) is 4.79 Å². The standard InChI is InChI=1S/C27H23NO3S/c1-2-22(19-6-4-3-5-7-19)27(20-11-8-18(9-12-20)10-15-26(30)31)21-13-14-23-24(16-21)32-17-25(29)28-23/h3-16H,2,17H2,1H3,(H,28,29)(H,30,31)/b15-10+,27-22+. The van der Waals surface area contributed by atoms with Gasteiger partial charge in [-0.1, -0.05) is 67.6 Å². The molecule has 160 valence electrons. The van der Waals surface area contributed by atoms with Crippen LogP contribution in [0, 0.1) is 0 Å². The first kappa shape index (κ1) is 21.7. The van der Waals surface area contributed by atoms with E-state index in [1.807, 2.05) is 48.5 Å². The zero-order chi connectivity index (χ0) is 22.5. The number of aliphatic carboxylic acids is 1. The number of carboxylic acid groups (broad SMARTS) is 1. The summed E-state index contributed by atoms with van der Waals surface area (Å²) in [6.07, 6.45) is 3.58. The number of carbonyl (C=O) groups excluding carboxylic acids is 1. The molecule has 4 rings (SSSR count). The summed E-state index contributed by atoms with van der Waals surface area (Å²) in [6.45, 7) is 2.15. The van der Waals surface area contributed by atoms with Gasteiger partial charge in [0.25, 0.3) is 0 Å². The highest BCUT2D eigenvalue weighted by Crippen LogP contribution is 2.39. The largest absolute Gasteiger partial charge is 0.478 e. The SMILES string of the molecule is CC/C(=C(/c1ccc(/C=C/C(=O)O)cc1)c1ccc2c(c1)SCC(=O)N2)c1ccccc1. The summed E-state index contributed by atoms with van der Waals surface area (Å²) >= 11 is 1.55. The second kappa shape index (κ2) is 9.71. The molecule has 0 unspecified atom stereocenters. The lowest BCUT2D eigenvalue weighted by molar-refractivity contribution is -0.131. The minimum atomic E-state index is -0.967. The van der Waals surface area contributed by atoms with Gasteiger partial charge in [0.1, 0.15) is 0 Å². The van der Waals surface area contributed by atoms with Crippen molar-refractivity contribution in [3.05, 3.63) is 101 Å². The van der Waals surface area contributed by atoms with E-state index in [1.54, 1.807) is 17.8 Å². The van der Waals surface area contributed by atoms with Crippen molar-refractivity contribution in [3.8, 4) is 0 Å². The number of hydrogen-bond acceptors (Lipinski definition) is 3. The van der Waals surface area contributed by atoms with Crippen molar-refractivity contribution in [3.63, 3.8) is 0 Å². The van der Waals surface area contributed by atoms with Gasteiger partial charge in [-0.2, -0.15) is 0 Å². The van der Waals surface area contributed by atoms with Crippen LogP contribution in [0.25, 0.3) is 17.2 Å². The third kappa shape index (κ3) is 4.84. The summed E-state index contributed by atoms with van der Waals surface area (Å²) in [4.78, 5) is 23.6. The Bertz CT molecular complexity index is 1210. The van der Waals surface area contributed by atoms with Crippen LogP contribution < -0.4 is 5.32 Å². The van der Waals surface area contributed by atoms with E-state index >= 15 is 0 Å². The van der Waals surface area contributed by atoms with Gasteiger partial charge in [-0.15, -0.1) is 11.8 Å². The molecule has 1 aliphatic rings. The minimum absolute atomic E-state index is 0.0227. The van der Waals surface area contributed by atoms with Crippen molar-refractivity contribution < 1.29 is 14.7 Å². The van der Waals surface area contributed by atoms with E-state index in [4.69, 9.17) is 5.11 Å². The Morgan fingerprint density at radius 1 is 1.00 bits per heavy atom. The van der Waals surface area contributed by atoms with Gasteiger partial charge in [-0.05, 0) is 58.0 Å². The summed E-state index contributed by atoms with van der Waals surface area (Å²) in [7, 11) is 0. The molecule has 0 saturated heterocycles. The molecular weight excluding hydrogens is 418 g/mol. The summed E-state index contributed by atoms with van der Waals surface area (Å²) in [5.74, 6) is -0.528. The number of rotatable bonds is 6. The monoisotopic (exact) mass is 441 g/mol. The zero-order valence-corrected chi connectivity index (χ0v) is 18.5. The predicted octanol–water partition coefficient (Wildman–Crippen LogP) is 6.20. The van der Waals surface area contributed by atoms with Gasteiger partial charge in [0.05, 0.1) is 11.4 Å². The van der Waals surface area contributed by atoms with Gasteiger partial charge < -0.3 is 10.4 Å². The highest BCUT2D eigenvalue weighted by molar-refractivity contribution is 8.00. The molecule has 0 atom stereocenters. The molecule has 1 aliphatic heterocycles. The van der Waals surface area contributed by atoms with Crippen LogP contribution in [0.5, 0.6) is 0 Å². The van der Waals surface area contributed by atoms with E-state index in [-0.39, 0.29) is 5.91 Å². The number of hydrogen-bond donors (Lipinski definition) is 2. The molecule has 0 bridgehead atoms. The smallest absolute Gasteiger partial charge is 0.328 e. The summed E-state index contributed by atoms with van der Waals surface area (Å²) in [5, 5.41) is 11.8. The van der Waals surface area contributed by atoms with Crippen molar-refractivity contribution in [2.75, 3.05) is 11.1 Å². The van der Waals surface area contributed by atoms with E-state index in [0.717, 1.165) is 45.3 Å². The quantitative estimate of drug-likeness (QED) is 0.353. The fourth-order valence-corrected chi connectivity index (χ4v) is 4.68. The molecule has 0 aromatic heterocycles. The molecule has 0 aliphatic carbocycles. The maximum absolute atomic E-state index is 11.7. The topological polar surface area (TPSA) is 66.4 Å². The lowest BCUT2D eigenvalue weighted by Gasteiger charge is -2.20. The maximum atomic E-state index is 11.7. The second-order valence-corrected chi connectivity index (χ2v) is 8.43. The number of carbonyl (C=O) groups is 2. The zero-order valence-electron chi connectivity index (χ0n) is 17.7. The number of fused-ring (bicyclic) bond motifs is 1. The van der Waals surface area contributed by atoms with Gasteiger partial charge in [-0.3, -0.25) is 4.79 Å². The number of thioether (sulfide) groups is 1. The predicted molar refractivity (Wildman–Crippen MR) is 132 cm³/mol. The van der Waals surface area contributed by atoms with Gasteiger partial charge in [0, 0.05) is 11.0 Å². The molecular formula is C27H23NO3S. The van der Waals surface area contributed by atoms with E-state index < -0.39 is 5.97 Å². The van der Waals surface area contributed by atoms with Crippen molar-refractivity contribution in [2.45, 2.75) is 18.2 Å². The Morgan fingerprint density at radius 3 is 2.41 bits per heavy atom. The molecule has 0 saturated carbocycles. The van der Waals surface area contributed by atoms with Crippen LogP contribution >= 0.6 is 11.8 Å². The summed E-state index contributed by atoms with van der Waals surface area (Å²) < 4.78 is 0. The van der Waals surface area contributed by atoms with E-state index in [9.17, 15) is 9.59 Å². The van der Waals surface area contributed by atoms with Gasteiger partial charge >= 0.3 is 5.97 Å². The van der Waals surface area contributed by atoms with Crippen LogP contribution in [0.4, 0.5) is 5.69 Å². The van der Waals surface area contributed by atoms with Crippen LogP contribution in [-0.2, 0) is 9.59 Å². The van der Waals surface area contributed by atoms with Gasteiger partial charge in [0.15, 0.2) is 0 Å². The number of nitrogens with one attached hydrogen (secondary N) is 1. The Labute approximate surface area is 191 Å². The number of allylic oxidation sites excluding steroid dienone is 1. The average Bonchev–Trinajstić information content (AvgIpc) is 2.82. The van der Waals surface area contributed by atoms with Crippen LogP contribution in [0.2, 0.25) is 0 Å². The van der Waals surface area contributed by atoms with E-state index in [2.05, 4.69) is 36.5 Å². The van der Waals surface area contributed by atoms with E-state index in [1.165, 1.54) is 11.1 Å². The third-order valence-corrected chi connectivity index (χ3v) is 6.35. The Balaban J connectivity index is 1.86. The van der Waals surface area contributed by atoms with Crippen molar-refractivity contribution in [1.29, 1.82) is 0 Å². The molecule has 0 spiro atoms. The maximum Gasteiger partial charge on any atom is 0.328 e. The average molecular weight is 442 g/mol. The fraction of sp³-hybridized carbons (Fsp3) is 0.111. The Kier molecular flexibility index (Phi) is 6.57. The van der Waals surface area contributed by atoms with Crippen LogP contribution in [-0.4, -0.2) is 22.7 Å². The molecule has 32 heavy (non-hydrogen) atoms. The van der Waals surface area contributed by atoms with Crippen LogP contribution in [0.1, 0.15) is 35.6 Å². The highest BCUT2D eigenvalue weighted by atomic mass is 32.2. The van der Waals surface area contributed by atoms with Crippen molar-refractivity contribution in [1.82, 2.24) is 0 Å². The molecule has 0 radical (unpaired) electrons. The molecule has 1 heterocycles. The normalized spacial score (nSPS) is 14.0. The fourth-order valence-electron chi connectivity index (χ4n) is 3.84. The lowest BCUT2D eigenvalue weighted by Crippen LogP contribution is -2.18. The number of benzene rings is 3. The molecule has 4 nitrogen and oxygen atoms in total. The van der Waals surface area contributed by atoms with E-state index in [0.29, 0.717) is 5.75 Å². The number of carboxylic acids is 1. The highest BCUT2D eigenvalue weighted by Gasteiger charge is 2.19. The number of anilines is 1. The molecule has 3 aromatic rings. The summed E-state index contributed by atoms with van der Waals surface area (Å²) in [6, 6.07) is 24.4. The molecule has 2 N–H and O–H groups in total. The first-order valence-electron chi connectivity index (χ1n) is 10.4. The first-order valence-corrected chi connectivity index (χ1v) is 11.4. The third-order valence-electron chi connectivity index (χ3n) is 5.30. The Morgan fingerprint density at radius 2 is 1.72 bits per heavy atom. The number of amides is 1. The van der Waals surface area contributed by atoms with Crippen LogP contribution in [0.15, 0.2) is 83.8 Å². The summed E-state index contributed by atoms with van der Waals surface area (Å²) in [5.41, 5.74) is 7.35. The molecule has 5 heteroatoms. The van der Waals surface area contributed by atoms with Crippen LogP contribution in [0.3, 0.4) is 0 Å². The lowest BCUT2D eigenvalue weighted by atomic mass is 9.88. The second-order valence-electron chi connectivity index (χ2n) is 7.41. The first-order chi connectivity index (χ1) is 15.5.